The van der Waals surface area contributed by atoms with Crippen LogP contribution in [0.25, 0.3) is 0 Å². The number of carbonyl (C=O) groups is 1. The topological polar surface area (TPSA) is 67.8 Å². The number of carbonyl (C=O) groups excluding carboxylic acids is 1. The Labute approximate surface area is 113 Å². The molecule has 1 amide bonds. The second-order valence-corrected chi connectivity index (χ2v) is 5.16. The van der Waals surface area contributed by atoms with Gasteiger partial charge in [-0.25, -0.2) is 4.98 Å². The van der Waals surface area contributed by atoms with Crippen LogP contribution in [0.1, 0.15) is 20.9 Å². The van der Waals surface area contributed by atoms with Crippen molar-refractivity contribution in [2.45, 2.75) is 18.5 Å². The number of hydrogen-bond donors (Lipinski definition) is 1. The Morgan fingerprint density at radius 1 is 1.56 bits per heavy atom. The van der Waals surface area contributed by atoms with E-state index in [1.807, 2.05) is 13.2 Å². The van der Waals surface area contributed by atoms with Crippen LogP contribution in [0, 0.1) is 6.92 Å². The summed E-state index contributed by atoms with van der Waals surface area (Å²) < 4.78 is 3.83. The van der Waals surface area contributed by atoms with Gasteiger partial charge in [-0.1, -0.05) is 4.49 Å². The van der Waals surface area contributed by atoms with E-state index in [0.717, 1.165) is 15.6 Å². The molecule has 0 radical (unpaired) electrons. The van der Waals surface area contributed by atoms with Crippen LogP contribution in [0.4, 0.5) is 0 Å². The van der Waals surface area contributed by atoms with Gasteiger partial charge >= 0.3 is 0 Å². The lowest BCUT2D eigenvalue weighted by Gasteiger charge is -2.06. The summed E-state index contributed by atoms with van der Waals surface area (Å²) in [5.41, 5.74) is 1.46. The molecule has 2 aromatic rings. The summed E-state index contributed by atoms with van der Waals surface area (Å²) in [5.74, 6) is -0.125. The monoisotopic (exact) mass is 280 g/mol. The Morgan fingerprint density at radius 2 is 2.39 bits per heavy atom. The predicted molar refractivity (Wildman–Crippen MR) is 71.8 cm³/mol. The number of nitrogens with one attached hydrogen (secondary N) is 1. The first-order valence-electron chi connectivity index (χ1n) is 5.27. The number of hydrogen-bond acceptors (Lipinski definition) is 6. The smallest absolute Gasteiger partial charge is 0.254 e. The van der Waals surface area contributed by atoms with Crippen LogP contribution >= 0.6 is 23.3 Å². The Hall–Kier alpha value is -1.47. The van der Waals surface area contributed by atoms with Gasteiger partial charge in [-0.3, -0.25) is 4.79 Å². The average molecular weight is 280 g/mol. The molecule has 0 bridgehead atoms. The first-order valence-corrected chi connectivity index (χ1v) is 7.27. The van der Waals surface area contributed by atoms with Crippen LogP contribution in [-0.4, -0.2) is 26.7 Å². The van der Waals surface area contributed by atoms with Crippen LogP contribution in [0.5, 0.6) is 0 Å². The zero-order chi connectivity index (χ0) is 13.0. The lowest BCUT2D eigenvalue weighted by molar-refractivity contribution is 0.0947. The van der Waals surface area contributed by atoms with Crippen LogP contribution in [0.3, 0.4) is 0 Å². The van der Waals surface area contributed by atoms with Crippen molar-refractivity contribution in [2.24, 2.45) is 0 Å². The molecule has 0 atom stereocenters. The third-order valence-corrected chi connectivity index (χ3v) is 3.90. The average Bonchev–Trinajstić information content (AvgIpc) is 2.81. The van der Waals surface area contributed by atoms with Crippen molar-refractivity contribution >= 4 is 29.2 Å². The molecule has 0 unspecified atom stereocenters. The van der Waals surface area contributed by atoms with E-state index in [2.05, 4.69) is 19.9 Å². The van der Waals surface area contributed by atoms with Crippen molar-refractivity contribution in [2.75, 3.05) is 6.26 Å². The number of thioether (sulfide) groups is 1. The molecule has 2 heterocycles. The van der Waals surface area contributed by atoms with Crippen LogP contribution in [0.2, 0.25) is 0 Å². The van der Waals surface area contributed by atoms with Gasteiger partial charge in [-0.15, -0.1) is 16.9 Å². The van der Waals surface area contributed by atoms with Crippen LogP contribution < -0.4 is 5.32 Å². The lowest BCUT2D eigenvalue weighted by Crippen LogP contribution is -2.23. The van der Waals surface area contributed by atoms with Gasteiger partial charge in [0.25, 0.3) is 5.91 Å². The highest BCUT2D eigenvalue weighted by atomic mass is 32.2. The highest BCUT2D eigenvalue weighted by Crippen LogP contribution is 2.17. The number of aryl methyl sites for hydroxylation is 1. The van der Waals surface area contributed by atoms with Gasteiger partial charge < -0.3 is 5.32 Å². The molecule has 0 aromatic carbocycles. The molecular weight excluding hydrogens is 268 g/mol. The van der Waals surface area contributed by atoms with E-state index in [0.29, 0.717) is 12.1 Å². The standard InChI is InChI=1S/C11H12N4OS2/c1-7-9(18-15-14-7)6-13-10(16)8-4-3-5-12-11(8)17-2/h3-5H,6H2,1-2H3,(H,13,16). The first kappa shape index (κ1) is 13.0. The fraction of sp³-hybridized carbons (Fsp3) is 0.273. The second-order valence-electron chi connectivity index (χ2n) is 3.52. The molecule has 0 aliphatic heterocycles. The van der Waals surface area contributed by atoms with E-state index in [4.69, 9.17) is 0 Å². The summed E-state index contributed by atoms with van der Waals surface area (Å²) in [7, 11) is 0. The number of rotatable bonds is 4. The molecule has 0 fully saturated rings. The van der Waals surface area contributed by atoms with Crippen molar-refractivity contribution in [3.8, 4) is 0 Å². The summed E-state index contributed by atoms with van der Waals surface area (Å²) in [6.07, 6.45) is 3.58. The second kappa shape index (κ2) is 5.92. The zero-order valence-corrected chi connectivity index (χ0v) is 11.6. The molecule has 0 aliphatic carbocycles. The highest BCUT2D eigenvalue weighted by molar-refractivity contribution is 7.98. The lowest BCUT2D eigenvalue weighted by atomic mass is 10.2. The summed E-state index contributed by atoms with van der Waals surface area (Å²) in [5, 5.41) is 7.49. The summed E-state index contributed by atoms with van der Waals surface area (Å²) >= 11 is 2.76. The fourth-order valence-corrected chi connectivity index (χ4v) is 2.51. The van der Waals surface area contributed by atoms with Gasteiger partial charge in [0, 0.05) is 6.20 Å². The largest absolute Gasteiger partial charge is 0.347 e. The van der Waals surface area contributed by atoms with Crippen molar-refractivity contribution in [1.29, 1.82) is 0 Å². The van der Waals surface area contributed by atoms with Gasteiger partial charge in [-0.05, 0) is 36.8 Å². The molecule has 1 N–H and O–H groups in total. The molecule has 2 aromatic heterocycles. The molecule has 18 heavy (non-hydrogen) atoms. The van der Waals surface area contributed by atoms with E-state index < -0.39 is 0 Å². The van der Waals surface area contributed by atoms with E-state index >= 15 is 0 Å². The molecule has 7 heteroatoms. The first-order chi connectivity index (χ1) is 8.72. The molecule has 94 valence electrons. The van der Waals surface area contributed by atoms with Gasteiger partial charge in [0.1, 0.15) is 5.03 Å². The Bertz CT molecular complexity index is 555. The number of pyridine rings is 1. The van der Waals surface area contributed by atoms with Gasteiger partial charge in [0.2, 0.25) is 0 Å². The summed E-state index contributed by atoms with van der Waals surface area (Å²) in [6.45, 7) is 2.33. The van der Waals surface area contributed by atoms with Crippen molar-refractivity contribution < 1.29 is 4.79 Å². The molecule has 0 aliphatic rings. The van der Waals surface area contributed by atoms with Crippen molar-refractivity contribution in [3.05, 3.63) is 34.5 Å². The maximum absolute atomic E-state index is 12.0. The maximum atomic E-state index is 12.0. The predicted octanol–water partition coefficient (Wildman–Crippen LogP) is 1.89. The maximum Gasteiger partial charge on any atom is 0.254 e. The normalized spacial score (nSPS) is 10.3. The van der Waals surface area contributed by atoms with Gasteiger partial charge in [-0.2, -0.15) is 0 Å². The molecule has 2 rings (SSSR count). The third kappa shape index (κ3) is 2.85. The fourth-order valence-electron chi connectivity index (χ4n) is 1.40. The number of aromatic nitrogens is 3. The Balaban J connectivity index is 2.06. The minimum absolute atomic E-state index is 0.125. The molecular formula is C11H12N4OS2. The molecule has 5 nitrogen and oxygen atoms in total. The Morgan fingerprint density at radius 3 is 3.06 bits per heavy atom. The highest BCUT2D eigenvalue weighted by Gasteiger charge is 2.12. The molecule has 0 saturated heterocycles. The summed E-state index contributed by atoms with van der Waals surface area (Å²) in [6, 6.07) is 3.53. The van der Waals surface area contributed by atoms with Gasteiger partial charge in [0.05, 0.1) is 22.7 Å². The SMILES string of the molecule is CSc1ncccc1C(=O)NCc1snnc1C. The quantitative estimate of drug-likeness (QED) is 0.866. The van der Waals surface area contributed by atoms with E-state index in [1.165, 1.54) is 23.3 Å². The van der Waals surface area contributed by atoms with E-state index in [9.17, 15) is 4.79 Å². The van der Waals surface area contributed by atoms with Crippen LogP contribution in [-0.2, 0) is 6.54 Å². The number of amides is 1. The zero-order valence-electron chi connectivity index (χ0n) is 10.0. The van der Waals surface area contributed by atoms with E-state index in [-0.39, 0.29) is 5.91 Å². The van der Waals surface area contributed by atoms with Crippen LogP contribution in [0.15, 0.2) is 23.4 Å². The van der Waals surface area contributed by atoms with Crippen molar-refractivity contribution in [3.63, 3.8) is 0 Å². The Kier molecular flexibility index (Phi) is 4.27. The van der Waals surface area contributed by atoms with Crippen molar-refractivity contribution in [1.82, 2.24) is 19.9 Å². The molecule has 0 saturated carbocycles. The third-order valence-electron chi connectivity index (χ3n) is 2.36. The minimum atomic E-state index is -0.125. The minimum Gasteiger partial charge on any atom is -0.347 e. The molecule has 0 spiro atoms. The van der Waals surface area contributed by atoms with Gasteiger partial charge in [0.15, 0.2) is 0 Å². The van der Waals surface area contributed by atoms with E-state index in [1.54, 1.807) is 18.3 Å². The summed E-state index contributed by atoms with van der Waals surface area (Å²) in [4.78, 5) is 17.2. The number of nitrogens with zero attached hydrogens (tertiary/aromatic N) is 3.